The summed E-state index contributed by atoms with van der Waals surface area (Å²) in [5.41, 5.74) is 1.67. The Bertz CT molecular complexity index is 1480. The van der Waals surface area contributed by atoms with Gasteiger partial charge < -0.3 is 45.1 Å². The van der Waals surface area contributed by atoms with Gasteiger partial charge in [0.25, 0.3) is 5.91 Å². The van der Waals surface area contributed by atoms with Crippen molar-refractivity contribution in [1.82, 2.24) is 9.80 Å². The van der Waals surface area contributed by atoms with E-state index >= 15 is 0 Å². The quantitative estimate of drug-likeness (QED) is 0.319. The van der Waals surface area contributed by atoms with E-state index < -0.39 is 18.2 Å². The first-order valence-electron chi connectivity index (χ1n) is 14.0. The van der Waals surface area contributed by atoms with Gasteiger partial charge in [-0.15, -0.1) is 0 Å². The maximum atomic E-state index is 13.7. The average molecular weight is 590 g/mol. The molecule has 0 unspecified atom stereocenters. The minimum Gasteiger partial charge on any atom is -0.485 e. The number of nitrogens with one attached hydrogen (secondary N) is 3. The Kier molecular flexibility index (Phi) is 8.86. The number of urea groups is 2. The molecular weight excluding hydrogens is 554 g/mol. The van der Waals surface area contributed by atoms with Crippen molar-refractivity contribution in [2.75, 3.05) is 49.5 Å². The lowest BCUT2D eigenvalue weighted by atomic mass is 9.99. The molecule has 3 aromatic rings. The van der Waals surface area contributed by atoms with E-state index in [1.54, 1.807) is 79.5 Å². The second kappa shape index (κ2) is 12.9. The molecule has 0 saturated carbocycles. The van der Waals surface area contributed by atoms with Gasteiger partial charge in [0.05, 0.1) is 30.4 Å². The van der Waals surface area contributed by atoms with Crippen LogP contribution in [0.5, 0.6) is 17.2 Å². The van der Waals surface area contributed by atoms with E-state index in [0.717, 1.165) is 0 Å². The number of rotatable bonds is 7. The smallest absolute Gasteiger partial charge is 0.323 e. The summed E-state index contributed by atoms with van der Waals surface area (Å²) in [6.07, 6.45) is -0.576. The van der Waals surface area contributed by atoms with Gasteiger partial charge in [0.1, 0.15) is 6.10 Å². The van der Waals surface area contributed by atoms with Crippen molar-refractivity contribution in [2.45, 2.75) is 26.0 Å². The molecule has 12 heteroatoms. The van der Waals surface area contributed by atoms with Crippen LogP contribution in [0.15, 0.2) is 66.7 Å². The van der Waals surface area contributed by atoms with Crippen LogP contribution in [0.3, 0.4) is 0 Å². The number of carbonyl (C=O) groups excluding carboxylic acids is 3. The molecule has 3 aromatic carbocycles. The fourth-order valence-electron chi connectivity index (χ4n) is 4.91. The van der Waals surface area contributed by atoms with Gasteiger partial charge in [-0.3, -0.25) is 4.79 Å². The molecule has 0 aromatic heterocycles. The maximum absolute atomic E-state index is 13.7. The number of anilines is 3. The maximum Gasteiger partial charge on any atom is 0.323 e. The second-order valence-electron chi connectivity index (χ2n) is 10.6. The number of amides is 5. The number of aliphatic hydroxyl groups excluding tert-OH is 1. The summed E-state index contributed by atoms with van der Waals surface area (Å²) < 4.78 is 17.2. The van der Waals surface area contributed by atoms with Gasteiger partial charge in [-0.05, 0) is 43.3 Å². The number of hydrogen-bond donors (Lipinski definition) is 4. The highest BCUT2D eigenvalue weighted by molar-refractivity contribution is 6.04. The SMILES string of the molecule is C[C@H]1CN([C@@H](C)CO)C(=O)c2cccc(NC(=O)Nc3ccccc3)c2O[C@H]1CN(C)C(=O)Nc1ccc2c(c1)OCO2. The molecule has 226 valence electrons. The number of fused-ring (bicyclic) bond motifs is 2. The largest absolute Gasteiger partial charge is 0.485 e. The van der Waals surface area contributed by atoms with Crippen molar-refractivity contribution in [3.05, 3.63) is 72.3 Å². The van der Waals surface area contributed by atoms with Crippen molar-refractivity contribution in [3.63, 3.8) is 0 Å². The van der Waals surface area contributed by atoms with Gasteiger partial charge in [-0.1, -0.05) is 31.2 Å². The molecule has 12 nitrogen and oxygen atoms in total. The van der Waals surface area contributed by atoms with Crippen molar-refractivity contribution in [2.24, 2.45) is 5.92 Å². The normalized spacial score (nSPS) is 18.0. The Labute approximate surface area is 249 Å². The van der Waals surface area contributed by atoms with Crippen LogP contribution < -0.4 is 30.2 Å². The van der Waals surface area contributed by atoms with E-state index in [2.05, 4.69) is 16.0 Å². The van der Waals surface area contributed by atoms with Crippen LogP contribution in [-0.2, 0) is 0 Å². The minimum absolute atomic E-state index is 0.129. The first kappa shape index (κ1) is 29.5. The Hall–Kier alpha value is -4.97. The second-order valence-corrected chi connectivity index (χ2v) is 10.6. The Morgan fingerprint density at radius 3 is 2.53 bits per heavy atom. The summed E-state index contributed by atoms with van der Waals surface area (Å²) in [6, 6.07) is 17.7. The van der Waals surface area contributed by atoms with Gasteiger partial charge in [0.15, 0.2) is 17.2 Å². The fraction of sp³-hybridized carbons (Fsp3) is 0.323. The summed E-state index contributed by atoms with van der Waals surface area (Å²) in [6.45, 7) is 4.04. The highest BCUT2D eigenvalue weighted by Gasteiger charge is 2.35. The predicted octanol–water partition coefficient (Wildman–Crippen LogP) is 4.44. The molecule has 5 rings (SSSR count). The number of likely N-dealkylation sites (N-methyl/N-ethyl adjacent to an activating group) is 1. The highest BCUT2D eigenvalue weighted by Crippen LogP contribution is 2.36. The van der Waals surface area contributed by atoms with Crippen molar-refractivity contribution in [1.29, 1.82) is 0 Å². The molecule has 0 fully saturated rings. The molecule has 43 heavy (non-hydrogen) atoms. The lowest BCUT2D eigenvalue weighted by Gasteiger charge is -2.38. The molecule has 0 aliphatic carbocycles. The molecule has 0 saturated heterocycles. The molecule has 2 aliphatic rings. The van der Waals surface area contributed by atoms with Gasteiger partial charge in [-0.25, -0.2) is 9.59 Å². The third-order valence-corrected chi connectivity index (χ3v) is 7.40. The van der Waals surface area contributed by atoms with Gasteiger partial charge >= 0.3 is 12.1 Å². The number of para-hydroxylation sites is 2. The van der Waals surface area contributed by atoms with Crippen LogP contribution in [0.2, 0.25) is 0 Å². The van der Waals surface area contributed by atoms with E-state index in [4.69, 9.17) is 14.2 Å². The lowest BCUT2D eigenvalue weighted by molar-refractivity contribution is 0.0373. The summed E-state index contributed by atoms with van der Waals surface area (Å²) >= 11 is 0. The van der Waals surface area contributed by atoms with Crippen LogP contribution in [0.4, 0.5) is 26.7 Å². The summed E-state index contributed by atoms with van der Waals surface area (Å²) in [5, 5.41) is 18.4. The molecule has 0 radical (unpaired) electrons. The average Bonchev–Trinajstić information content (AvgIpc) is 3.47. The first-order valence-corrected chi connectivity index (χ1v) is 14.0. The fourth-order valence-corrected chi connectivity index (χ4v) is 4.91. The van der Waals surface area contributed by atoms with Crippen LogP contribution in [0.25, 0.3) is 0 Å². The Morgan fingerprint density at radius 1 is 1.00 bits per heavy atom. The third-order valence-electron chi connectivity index (χ3n) is 7.40. The topological polar surface area (TPSA) is 142 Å². The van der Waals surface area contributed by atoms with E-state index in [-0.39, 0.29) is 55.7 Å². The third kappa shape index (κ3) is 6.75. The van der Waals surface area contributed by atoms with Crippen LogP contribution in [-0.4, -0.2) is 78.6 Å². The number of aliphatic hydroxyl groups is 1. The van der Waals surface area contributed by atoms with Crippen LogP contribution >= 0.6 is 0 Å². The molecular formula is C31H35N5O7. The minimum atomic E-state index is -0.576. The van der Waals surface area contributed by atoms with Gasteiger partial charge in [0, 0.05) is 37.0 Å². The predicted molar refractivity (Wildman–Crippen MR) is 161 cm³/mol. The molecule has 2 heterocycles. The van der Waals surface area contributed by atoms with E-state index in [1.807, 2.05) is 13.0 Å². The van der Waals surface area contributed by atoms with E-state index in [0.29, 0.717) is 28.6 Å². The monoisotopic (exact) mass is 589 g/mol. The zero-order valence-electron chi connectivity index (χ0n) is 24.2. The lowest BCUT2D eigenvalue weighted by Crippen LogP contribution is -2.50. The van der Waals surface area contributed by atoms with Crippen LogP contribution in [0.1, 0.15) is 24.2 Å². The molecule has 5 amide bonds. The zero-order valence-corrected chi connectivity index (χ0v) is 24.2. The summed E-state index contributed by atoms with van der Waals surface area (Å²) in [4.78, 5) is 42.9. The molecule has 3 atom stereocenters. The van der Waals surface area contributed by atoms with E-state index in [9.17, 15) is 19.5 Å². The number of nitrogens with zero attached hydrogens (tertiary/aromatic N) is 2. The zero-order chi connectivity index (χ0) is 30.5. The molecule has 0 spiro atoms. The van der Waals surface area contributed by atoms with Gasteiger partial charge in [-0.2, -0.15) is 0 Å². The number of benzene rings is 3. The van der Waals surface area contributed by atoms with Crippen molar-refractivity contribution < 1.29 is 33.7 Å². The molecule has 2 aliphatic heterocycles. The molecule has 4 N–H and O–H groups in total. The summed E-state index contributed by atoms with van der Waals surface area (Å²) in [5.74, 6) is 0.765. The van der Waals surface area contributed by atoms with Crippen molar-refractivity contribution in [3.8, 4) is 17.2 Å². The van der Waals surface area contributed by atoms with Gasteiger partial charge in [0.2, 0.25) is 6.79 Å². The Morgan fingerprint density at radius 2 is 1.77 bits per heavy atom. The van der Waals surface area contributed by atoms with Crippen LogP contribution in [0, 0.1) is 5.92 Å². The number of hydrogen-bond acceptors (Lipinski definition) is 7. The highest BCUT2D eigenvalue weighted by atomic mass is 16.7. The first-order chi connectivity index (χ1) is 20.7. The number of carbonyl (C=O) groups is 3. The van der Waals surface area contributed by atoms with Crippen molar-refractivity contribution >= 4 is 35.0 Å². The molecule has 0 bridgehead atoms. The standard InChI is InChI=1S/C31H35N5O7/c1-19-15-36(20(2)17-37)29(38)23-10-7-11-24(34-30(39)32-21-8-5-4-6-9-21)28(23)43-27(19)16-35(3)31(40)33-22-12-13-25-26(14-22)42-18-41-25/h4-14,19-20,27,37H,15-18H2,1-3H3,(H,33,40)(H2,32,34,39)/t19-,20-,27-/m0/s1. The number of ether oxygens (including phenoxy) is 3. The van der Waals surface area contributed by atoms with E-state index in [1.165, 1.54) is 4.90 Å². The Balaban J connectivity index is 1.39. The summed E-state index contributed by atoms with van der Waals surface area (Å²) in [7, 11) is 1.65.